The maximum absolute atomic E-state index is 5.96. The van der Waals surface area contributed by atoms with Crippen LogP contribution in [0.15, 0.2) is 0 Å². The van der Waals surface area contributed by atoms with Crippen LogP contribution in [0.1, 0.15) is 46.5 Å². The molecule has 0 aliphatic carbocycles. The summed E-state index contributed by atoms with van der Waals surface area (Å²) < 4.78 is 5.84. The fourth-order valence-electron chi connectivity index (χ4n) is 3.62. The first kappa shape index (κ1) is 13.3. The van der Waals surface area contributed by atoms with Crippen molar-refractivity contribution in [1.29, 1.82) is 0 Å². The predicted octanol–water partition coefficient (Wildman–Crippen LogP) is 2.00. The van der Waals surface area contributed by atoms with E-state index in [1.165, 1.54) is 32.2 Å². The molecule has 4 atom stereocenters. The summed E-state index contributed by atoms with van der Waals surface area (Å²) in [6.07, 6.45) is 5.76. The molecule has 0 bridgehead atoms. The fraction of sp³-hybridized carbons (Fsp3) is 1.00. The summed E-state index contributed by atoms with van der Waals surface area (Å²) >= 11 is 0. The van der Waals surface area contributed by atoms with Gasteiger partial charge in [0.05, 0.1) is 12.2 Å². The summed E-state index contributed by atoms with van der Waals surface area (Å²) in [5.41, 5.74) is 5.96. The van der Waals surface area contributed by atoms with Gasteiger partial charge in [0.25, 0.3) is 0 Å². The first-order valence-corrected chi connectivity index (χ1v) is 7.21. The van der Waals surface area contributed by atoms with E-state index in [2.05, 4.69) is 25.7 Å². The molecule has 3 nitrogen and oxygen atoms in total. The van der Waals surface area contributed by atoms with E-state index in [4.69, 9.17) is 10.5 Å². The normalized spacial score (nSPS) is 44.8. The van der Waals surface area contributed by atoms with Crippen LogP contribution in [-0.4, -0.2) is 42.3 Å². The van der Waals surface area contributed by atoms with Crippen molar-refractivity contribution in [2.75, 3.05) is 13.1 Å². The highest BCUT2D eigenvalue weighted by Gasteiger charge is 2.34. The molecule has 2 N–H and O–H groups in total. The van der Waals surface area contributed by atoms with Gasteiger partial charge >= 0.3 is 0 Å². The summed E-state index contributed by atoms with van der Waals surface area (Å²) in [6.45, 7) is 8.80. The topological polar surface area (TPSA) is 38.5 Å². The first-order chi connectivity index (χ1) is 8.10. The summed E-state index contributed by atoms with van der Waals surface area (Å²) in [5, 5.41) is 0. The third kappa shape index (κ3) is 3.21. The monoisotopic (exact) mass is 240 g/mol. The van der Waals surface area contributed by atoms with Crippen LogP contribution in [0.3, 0.4) is 0 Å². The molecule has 0 saturated carbocycles. The highest BCUT2D eigenvalue weighted by Crippen LogP contribution is 2.30. The molecule has 3 heteroatoms. The molecule has 0 amide bonds. The van der Waals surface area contributed by atoms with Gasteiger partial charge in [-0.25, -0.2) is 0 Å². The molecule has 17 heavy (non-hydrogen) atoms. The molecule has 0 aromatic heterocycles. The average Bonchev–Trinajstić information content (AvgIpc) is 2.27. The standard InChI is InChI=1S/C14H28N2O/c1-10-4-5-16(14(6-10)9-15)13-7-11(2)17-12(3)8-13/h10-14H,4-9,15H2,1-3H3. The lowest BCUT2D eigenvalue weighted by atomic mass is 9.88. The molecular weight excluding hydrogens is 212 g/mol. The third-order valence-electron chi connectivity index (χ3n) is 4.44. The molecule has 100 valence electrons. The number of hydrogen-bond acceptors (Lipinski definition) is 3. The Bertz CT molecular complexity index is 236. The Hall–Kier alpha value is -0.120. The zero-order chi connectivity index (χ0) is 12.4. The smallest absolute Gasteiger partial charge is 0.0565 e. The van der Waals surface area contributed by atoms with Crippen molar-refractivity contribution >= 4 is 0 Å². The van der Waals surface area contributed by atoms with Crippen LogP contribution in [0.5, 0.6) is 0 Å². The van der Waals surface area contributed by atoms with Gasteiger partial charge in [-0.3, -0.25) is 4.90 Å². The molecule has 2 saturated heterocycles. The van der Waals surface area contributed by atoms with Crippen molar-refractivity contribution in [1.82, 2.24) is 4.90 Å². The van der Waals surface area contributed by atoms with Crippen LogP contribution < -0.4 is 5.73 Å². The highest BCUT2D eigenvalue weighted by atomic mass is 16.5. The number of hydrogen-bond donors (Lipinski definition) is 1. The lowest BCUT2D eigenvalue weighted by molar-refractivity contribution is -0.0784. The van der Waals surface area contributed by atoms with Crippen LogP contribution in [0, 0.1) is 5.92 Å². The summed E-state index contributed by atoms with van der Waals surface area (Å²) in [7, 11) is 0. The van der Waals surface area contributed by atoms with E-state index in [1.54, 1.807) is 0 Å². The van der Waals surface area contributed by atoms with Gasteiger partial charge in [-0.1, -0.05) is 6.92 Å². The molecule has 2 rings (SSSR count). The Kier molecular flexibility index (Phi) is 4.45. The quantitative estimate of drug-likeness (QED) is 0.802. The Morgan fingerprint density at radius 3 is 2.35 bits per heavy atom. The lowest BCUT2D eigenvalue weighted by Gasteiger charge is -2.46. The Labute approximate surface area is 106 Å². The number of piperidine rings is 1. The predicted molar refractivity (Wildman–Crippen MR) is 71.0 cm³/mol. The zero-order valence-corrected chi connectivity index (χ0v) is 11.6. The van der Waals surface area contributed by atoms with E-state index in [0.29, 0.717) is 24.3 Å². The second kappa shape index (κ2) is 5.68. The molecule has 0 aromatic rings. The van der Waals surface area contributed by atoms with E-state index in [-0.39, 0.29) is 0 Å². The Morgan fingerprint density at radius 1 is 1.12 bits per heavy atom. The summed E-state index contributed by atoms with van der Waals surface area (Å²) in [6, 6.07) is 1.29. The average molecular weight is 240 g/mol. The summed E-state index contributed by atoms with van der Waals surface area (Å²) in [5.74, 6) is 0.842. The molecule has 0 aromatic carbocycles. The van der Waals surface area contributed by atoms with Gasteiger partial charge in [0, 0.05) is 18.6 Å². The molecular formula is C14H28N2O. The van der Waals surface area contributed by atoms with Crippen molar-refractivity contribution < 1.29 is 4.74 Å². The number of likely N-dealkylation sites (tertiary alicyclic amines) is 1. The van der Waals surface area contributed by atoms with E-state index < -0.39 is 0 Å². The lowest BCUT2D eigenvalue weighted by Crippen LogP contribution is -2.54. The van der Waals surface area contributed by atoms with Crippen LogP contribution in [0.4, 0.5) is 0 Å². The van der Waals surface area contributed by atoms with Crippen LogP contribution in [0.2, 0.25) is 0 Å². The van der Waals surface area contributed by atoms with Gasteiger partial charge in [-0.05, 0) is 52.0 Å². The molecule has 2 aliphatic rings. The summed E-state index contributed by atoms with van der Waals surface area (Å²) in [4.78, 5) is 2.68. The number of rotatable bonds is 2. The van der Waals surface area contributed by atoms with Crippen molar-refractivity contribution in [3.63, 3.8) is 0 Å². The molecule has 0 spiro atoms. The van der Waals surface area contributed by atoms with Crippen molar-refractivity contribution in [2.24, 2.45) is 11.7 Å². The van der Waals surface area contributed by atoms with Crippen molar-refractivity contribution in [2.45, 2.75) is 70.7 Å². The van der Waals surface area contributed by atoms with Crippen LogP contribution in [-0.2, 0) is 4.74 Å². The van der Waals surface area contributed by atoms with Gasteiger partial charge in [0.15, 0.2) is 0 Å². The van der Waals surface area contributed by atoms with Gasteiger partial charge in [-0.15, -0.1) is 0 Å². The van der Waals surface area contributed by atoms with Crippen LogP contribution in [0.25, 0.3) is 0 Å². The zero-order valence-electron chi connectivity index (χ0n) is 11.6. The minimum atomic E-state index is 0.404. The fourth-order valence-corrected chi connectivity index (χ4v) is 3.62. The Morgan fingerprint density at radius 2 is 1.76 bits per heavy atom. The maximum atomic E-state index is 5.96. The molecule has 2 heterocycles. The minimum Gasteiger partial charge on any atom is -0.375 e. The second-order valence-corrected chi connectivity index (χ2v) is 6.14. The number of ether oxygens (including phenoxy) is 1. The minimum absolute atomic E-state index is 0.404. The van der Waals surface area contributed by atoms with Gasteiger partial charge in [0.1, 0.15) is 0 Å². The molecule has 2 aliphatic heterocycles. The molecule has 2 fully saturated rings. The first-order valence-electron chi connectivity index (χ1n) is 7.21. The van der Waals surface area contributed by atoms with Crippen molar-refractivity contribution in [3.05, 3.63) is 0 Å². The third-order valence-corrected chi connectivity index (χ3v) is 4.44. The van der Waals surface area contributed by atoms with Gasteiger partial charge in [-0.2, -0.15) is 0 Å². The van der Waals surface area contributed by atoms with Gasteiger partial charge in [0.2, 0.25) is 0 Å². The highest BCUT2D eigenvalue weighted by molar-refractivity contribution is 4.89. The molecule has 0 radical (unpaired) electrons. The van der Waals surface area contributed by atoms with E-state index in [9.17, 15) is 0 Å². The number of nitrogens with zero attached hydrogens (tertiary/aromatic N) is 1. The largest absolute Gasteiger partial charge is 0.375 e. The number of nitrogens with two attached hydrogens (primary N) is 1. The Balaban J connectivity index is 1.99. The van der Waals surface area contributed by atoms with E-state index >= 15 is 0 Å². The molecule has 4 unspecified atom stereocenters. The van der Waals surface area contributed by atoms with Crippen molar-refractivity contribution in [3.8, 4) is 0 Å². The SMILES string of the molecule is CC1CCN(C2CC(C)OC(C)C2)C(CN)C1. The van der Waals surface area contributed by atoms with Crippen LogP contribution >= 0.6 is 0 Å². The maximum Gasteiger partial charge on any atom is 0.0565 e. The second-order valence-electron chi connectivity index (χ2n) is 6.14. The van der Waals surface area contributed by atoms with E-state index in [1.807, 2.05) is 0 Å². The van der Waals surface area contributed by atoms with E-state index in [0.717, 1.165) is 12.5 Å². The van der Waals surface area contributed by atoms with Gasteiger partial charge < -0.3 is 10.5 Å².